The highest BCUT2D eigenvalue weighted by atomic mass is 16.6. The van der Waals surface area contributed by atoms with Gasteiger partial charge >= 0.3 is 11.9 Å². The van der Waals surface area contributed by atoms with Gasteiger partial charge in [-0.25, -0.2) is 0 Å². The lowest BCUT2D eigenvalue weighted by Gasteiger charge is -2.09. The summed E-state index contributed by atoms with van der Waals surface area (Å²) in [5.41, 5.74) is 0. The molecule has 0 bridgehead atoms. The summed E-state index contributed by atoms with van der Waals surface area (Å²) in [4.78, 5) is 23.2. The average molecular weight is 427 g/mol. The Bertz CT molecular complexity index is 394. The van der Waals surface area contributed by atoms with E-state index in [1.807, 2.05) is 13.8 Å². The minimum absolute atomic E-state index is 0.0918. The molecule has 178 valence electrons. The van der Waals surface area contributed by atoms with Crippen molar-refractivity contribution in [3.8, 4) is 0 Å². The van der Waals surface area contributed by atoms with Gasteiger partial charge in [0.05, 0.1) is 5.92 Å². The summed E-state index contributed by atoms with van der Waals surface area (Å²) >= 11 is 0. The molecule has 0 heterocycles. The predicted molar refractivity (Wildman–Crippen MR) is 126 cm³/mol. The van der Waals surface area contributed by atoms with Gasteiger partial charge < -0.3 is 9.47 Å². The van der Waals surface area contributed by atoms with Crippen LogP contribution in [-0.2, 0) is 19.1 Å². The van der Waals surface area contributed by atoms with Crippen molar-refractivity contribution in [2.75, 3.05) is 13.2 Å². The number of carbonyl (C=O) groups excluding carboxylic acids is 2. The summed E-state index contributed by atoms with van der Waals surface area (Å²) in [6.07, 6.45) is 22.4. The van der Waals surface area contributed by atoms with Crippen LogP contribution in [0.3, 0.4) is 0 Å². The summed E-state index contributed by atoms with van der Waals surface area (Å²) in [6.45, 7) is 6.39. The first-order valence-corrected chi connectivity index (χ1v) is 12.9. The highest BCUT2D eigenvalue weighted by Crippen LogP contribution is 2.14. The van der Waals surface area contributed by atoms with Gasteiger partial charge in [-0.05, 0) is 12.8 Å². The topological polar surface area (TPSA) is 52.6 Å². The Balaban J connectivity index is 3.23. The first-order valence-electron chi connectivity index (χ1n) is 12.9. The standard InChI is InChI=1S/C26H50O4/c1-4-6-7-8-9-10-11-12-13-14-15-16-17-18-19-20-21-25(27)29-22-23-30-26(28)24(3)5-2/h24H,4-23H2,1-3H3. The van der Waals surface area contributed by atoms with E-state index in [9.17, 15) is 9.59 Å². The monoisotopic (exact) mass is 426 g/mol. The number of ether oxygens (including phenoxy) is 2. The molecule has 0 radical (unpaired) electrons. The third-order valence-corrected chi connectivity index (χ3v) is 5.84. The SMILES string of the molecule is CCCCCCCCCCCCCCCCCCC(=O)OCCOC(=O)C(C)CC. The number of esters is 2. The van der Waals surface area contributed by atoms with E-state index in [1.165, 1.54) is 89.9 Å². The number of hydrogen-bond acceptors (Lipinski definition) is 4. The van der Waals surface area contributed by atoms with Gasteiger partial charge in [0, 0.05) is 6.42 Å². The second kappa shape index (κ2) is 22.6. The van der Waals surface area contributed by atoms with Gasteiger partial charge in [0.15, 0.2) is 0 Å². The van der Waals surface area contributed by atoms with Crippen molar-refractivity contribution < 1.29 is 19.1 Å². The summed E-state index contributed by atoms with van der Waals surface area (Å²) < 4.78 is 10.2. The van der Waals surface area contributed by atoms with Crippen LogP contribution < -0.4 is 0 Å². The zero-order valence-electron chi connectivity index (χ0n) is 20.4. The van der Waals surface area contributed by atoms with E-state index in [2.05, 4.69) is 6.92 Å². The Morgan fingerprint density at radius 1 is 0.600 bits per heavy atom. The molecule has 4 heteroatoms. The molecule has 0 N–H and O–H groups in total. The maximum atomic E-state index is 11.7. The Morgan fingerprint density at radius 2 is 1.00 bits per heavy atom. The number of rotatable bonds is 22. The van der Waals surface area contributed by atoms with Crippen LogP contribution >= 0.6 is 0 Å². The fourth-order valence-corrected chi connectivity index (χ4v) is 3.50. The van der Waals surface area contributed by atoms with Crippen LogP contribution in [-0.4, -0.2) is 25.2 Å². The van der Waals surface area contributed by atoms with Gasteiger partial charge in [0.25, 0.3) is 0 Å². The predicted octanol–water partition coefficient (Wildman–Crippen LogP) is 7.77. The molecule has 0 aromatic heterocycles. The molecule has 0 aliphatic rings. The van der Waals surface area contributed by atoms with E-state index in [0.717, 1.165) is 19.3 Å². The molecule has 0 aromatic carbocycles. The molecule has 0 aromatic rings. The number of unbranched alkanes of at least 4 members (excludes halogenated alkanes) is 15. The highest BCUT2D eigenvalue weighted by Gasteiger charge is 2.11. The second-order valence-corrected chi connectivity index (χ2v) is 8.75. The van der Waals surface area contributed by atoms with Crippen LogP contribution in [0.5, 0.6) is 0 Å². The first kappa shape index (κ1) is 28.9. The van der Waals surface area contributed by atoms with Crippen LogP contribution in [0.15, 0.2) is 0 Å². The zero-order valence-corrected chi connectivity index (χ0v) is 20.4. The van der Waals surface area contributed by atoms with Crippen LogP contribution in [0, 0.1) is 5.92 Å². The lowest BCUT2D eigenvalue weighted by atomic mass is 10.0. The summed E-state index contributed by atoms with van der Waals surface area (Å²) in [7, 11) is 0. The molecule has 0 aliphatic heterocycles. The van der Waals surface area contributed by atoms with Crippen molar-refractivity contribution in [3.63, 3.8) is 0 Å². The van der Waals surface area contributed by atoms with Gasteiger partial charge in [0.2, 0.25) is 0 Å². The Hall–Kier alpha value is -1.06. The van der Waals surface area contributed by atoms with Gasteiger partial charge in [0.1, 0.15) is 13.2 Å². The molecule has 4 nitrogen and oxygen atoms in total. The van der Waals surface area contributed by atoms with Gasteiger partial charge in [-0.15, -0.1) is 0 Å². The molecule has 1 atom stereocenters. The molecule has 0 amide bonds. The lowest BCUT2D eigenvalue weighted by Crippen LogP contribution is -2.18. The molecule has 1 unspecified atom stereocenters. The number of carbonyl (C=O) groups is 2. The van der Waals surface area contributed by atoms with E-state index in [-0.39, 0.29) is 31.1 Å². The fourth-order valence-electron chi connectivity index (χ4n) is 3.50. The van der Waals surface area contributed by atoms with Crippen molar-refractivity contribution >= 4 is 11.9 Å². The van der Waals surface area contributed by atoms with Crippen LogP contribution in [0.4, 0.5) is 0 Å². The fraction of sp³-hybridized carbons (Fsp3) is 0.923. The smallest absolute Gasteiger partial charge is 0.308 e. The zero-order chi connectivity index (χ0) is 22.3. The normalized spacial score (nSPS) is 12.0. The van der Waals surface area contributed by atoms with Crippen molar-refractivity contribution in [1.29, 1.82) is 0 Å². The molecule has 0 spiro atoms. The van der Waals surface area contributed by atoms with Crippen molar-refractivity contribution in [2.45, 2.75) is 136 Å². The van der Waals surface area contributed by atoms with Gasteiger partial charge in [-0.3, -0.25) is 9.59 Å². The Kier molecular flexibility index (Phi) is 21.8. The Morgan fingerprint density at radius 3 is 1.43 bits per heavy atom. The van der Waals surface area contributed by atoms with E-state index >= 15 is 0 Å². The average Bonchev–Trinajstić information content (AvgIpc) is 2.75. The molecule has 0 saturated heterocycles. The van der Waals surface area contributed by atoms with E-state index in [0.29, 0.717) is 6.42 Å². The third kappa shape index (κ3) is 20.2. The molecular formula is C26H50O4. The maximum Gasteiger partial charge on any atom is 0.308 e. The second-order valence-electron chi connectivity index (χ2n) is 8.75. The van der Waals surface area contributed by atoms with E-state index < -0.39 is 0 Å². The van der Waals surface area contributed by atoms with E-state index in [1.54, 1.807) is 0 Å². The largest absolute Gasteiger partial charge is 0.462 e. The molecular weight excluding hydrogens is 376 g/mol. The third-order valence-electron chi connectivity index (χ3n) is 5.84. The van der Waals surface area contributed by atoms with Crippen molar-refractivity contribution in [1.82, 2.24) is 0 Å². The summed E-state index contributed by atoms with van der Waals surface area (Å²) in [5.74, 6) is -0.489. The van der Waals surface area contributed by atoms with Gasteiger partial charge in [-0.1, -0.05) is 117 Å². The lowest BCUT2D eigenvalue weighted by molar-refractivity contribution is -0.154. The quantitative estimate of drug-likeness (QED) is 0.131. The van der Waals surface area contributed by atoms with Crippen molar-refractivity contribution in [3.05, 3.63) is 0 Å². The van der Waals surface area contributed by atoms with Crippen LogP contribution in [0.25, 0.3) is 0 Å². The number of hydrogen-bond donors (Lipinski definition) is 0. The van der Waals surface area contributed by atoms with Crippen LogP contribution in [0.2, 0.25) is 0 Å². The first-order chi connectivity index (χ1) is 14.6. The summed E-state index contributed by atoms with van der Waals surface area (Å²) in [5, 5.41) is 0. The van der Waals surface area contributed by atoms with Crippen LogP contribution in [0.1, 0.15) is 136 Å². The molecule has 0 saturated carbocycles. The minimum atomic E-state index is -0.216. The summed E-state index contributed by atoms with van der Waals surface area (Å²) in [6, 6.07) is 0. The van der Waals surface area contributed by atoms with Crippen molar-refractivity contribution in [2.24, 2.45) is 5.92 Å². The van der Waals surface area contributed by atoms with E-state index in [4.69, 9.17) is 9.47 Å². The Labute approximate surface area is 186 Å². The molecule has 30 heavy (non-hydrogen) atoms. The maximum absolute atomic E-state index is 11.7. The van der Waals surface area contributed by atoms with Gasteiger partial charge in [-0.2, -0.15) is 0 Å². The molecule has 0 fully saturated rings. The minimum Gasteiger partial charge on any atom is -0.462 e. The molecule has 0 rings (SSSR count). The molecule has 0 aliphatic carbocycles. The highest BCUT2D eigenvalue weighted by molar-refractivity contribution is 5.72.